The minimum Gasteiger partial charge on any atom is -0.497 e. The zero-order chi connectivity index (χ0) is 27.3. The number of hydrogen-bond donors (Lipinski definition) is 1. The minimum absolute atomic E-state index is 0.0178. The fraction of sp³-hybridized carbons (Fsp3) is 0.214. The molecule has 9 nitrogen and oxygen atoms in total. The number of aromatic amines is 1. The molecule has 0 atom stereocenters. The van der Waals surface area contributed by atoms with E-state index in [1.54, 1.807) is 62.6 Å². The molecule has 38 heavy (non-hydrogen) atoms. The summed E-state index contributed by atoms with van der Waals surface area (Å²) in [7, 11) is -1.06. The van der Waals surface area contributed by atoms with Crippen LogP contribution < -0.4 is 15.0 Å². The summed E-state index contributed by atoms with van der Waals surface area (Å²) in [6, 6.07) is 19.6. The summed E-state index contributed by atoms with van der Waals surface area (Å²) in [5.41, 5.74) is 1.24. The minimum atomic E-state index is -4.14. The highest BCUT2D eigenvalue weighted by atomic mass is 32.2. The van der Waals surface area contributed by atoms with Crippen molar-refractivity contribution >= 4 is 26.9 Å². The van der Waals surface area contributed by atoms with Gasteiger partial charge in [-0.15, -0.1) is 0 Å². The molecule has 1 N–H and O–H groups in total. The molecule has 0 aliphatic rings. The number of pyridine rings is 1. The van der Waals surface area contributed by atoms with Crippen molar-refractivity contribution in [3.05, 3.63) is 99.8 Å². The summed E-state index contributed by atoms with van der Waals surface area (Å²) >= 11 is 0. The highest BCUT2D eigenvalue weighted by Gasteiger charge is 2.27. The Bertz CT molecular complexity index is 1610. The van der Waals surface area contributed by atoms with Gasteiger partial charge in [0, 0.05) is 24.7 Å². The average Bonchev–Trinajstić information content (AvgIpc) is 2.93. The molecule has 198 valence electrons. The normalized spacial score (nSPS) is 11.5. The van der Waals surface area contributed by atoms with Crippen molar-refractivity contribution in [1.29, 1.82) is 0 Å². The van der Waals surface area contributed by atoms with E-state index in [1.807, 2.05) is 0 Å². The first-order chi connectivity index (χ1) is 18.2. The van der Waals surface area contributed by atoms with E-state index in [-0.39, 0.29) is 35.7 Å². The molecular formula is C28H28N2O7S. The fourth-order valence-electron chi connectivity index (χ4n) is 3.97. The lowest BCUT2D eigenvalue weighted by Gasteiger charge is -2.23. The molecule has 0 saturated heterocycles. The topological polar surface area (TPSA) is 115 Å². The first-order valence-corrected chi connectivity index (χ1v) is 13.3. The number of hydrogen-bond acceptors (Lipinski definition) is 7. The largest absolute Gasteiger partial charge is 0.497 e. The molecule has 0 bridgehead atoms. The zero-order valence-corrected chi connectivity index (χ0v) is 22.1. The van der Waals surface area contributed by atoms with Crippen LogP contribution in [0.25, 0.3) is 10.9 Å². The first kappa shape index (κ1) is 26.9. The van der Waals surface area contributed by atoms with Gasteiger partial charge in [0.25, 0.3) is 5.56 Å². The van der Waals surface area contributed by atoms with Crippen LogP contribution in [0.4, 0.5) is 0 Å². The van der Waals surface area contributed by atoms with E-state index in [2.05, 4.69) is 4.98 Å². The Morgan fingerprint density at radius 2 is 1.61 bits per heavy atom. The number of carbonyl (C=O) groups excluding carboxylic acids is 1. The van der Waals surface area contributed by atoms with Crippen LogP contribution in [0.1, 0.15) is 28.4 Å². The SMILES string of the molecule is CCOC(=O)c1cccc(S(=O)(=O)N(Cc2ccc(OC)cc2)Cc2cc3ccc(OC)cc3[nH]c2=O)c1. The summed E-state index contributed by atoms with van der Waals surface area (Å²) in [6.45, 7) is 1.62. The molecule has 0 spiro atoms. The number of benzene rings is 3. The van der Waals surface area contributed by atoms with Gasteiger partial charge in [0.05, 0.1) is 36.8 Å². The van der Waals surface area contributed by atoms with Crippen LogP contribution >= 0.6 is 0 Å². The Morgan fingerprint density at radius 1 is 0.895 bits per heavy atom. The third-order valence-corrected chi connectivity index (χ3v) is 7.77. The standard InChI is InChI=1S/C28H28N2O7S/c1-4-37-28(32)21-6-5-7-25(15-21)38(33,34)30(17-19-8-11-23(35-2)12-9-19)18-22-14-20-10-13-24(36-3)16-26(20)29-27(22)31/h5-16H,4,17-18H2,1-3H3,(H,29,31). The van der Waals surface area contributed by atoms with Gasteiger partial charge < -0.3 is 19.2 Å². The number of nitrogens with zero attached hydrogens (tertiary/aromatic N) is 1. The number of sulfonamides is 1. The summed E-state index contributed by atoms with van der Waals surface area (Å²) < 4.78 is 44.4. The van der Waals surface area contributed by atoms with Crippen LogP contribution in [0.5, 0.6) is 11.5 Å². The van der Waals surface area contributed by atoms with Crippen molar-refractivity contribution in [2.45, 2.75) is 24.9 Å². The Morgan fingerprint density at radius 3 is 2.29 bits per heavy atom. The molecule has 3 aromatic carbocycles. The van der Waals surface area contributed by atoms with Gasteiger partial charge >= 0.3 is 5.97 Å². The Kier molecular flexibility index (Phi) is 8.13. The number of nitrogens with one attached hydrogen (secondary N) is 1. The summed E-state index contributed by atoms with van der Waals surface area (Å²) in [5, 5.41) is 0.728. The monoisotopic (exact) mass is 536 g/mol. The van der Waals surface area contributed by atoms with Crippen molar-refractivity contribution in [2.24, 2.45) is 0 Å². The Labute approximate surface area is 220 Å². The highest BCUT2D eigenvalue weighted by Crippen LogP contribution is 2.24. The third-order valence-electron chi connectivity index (χ3n) is 5.98. The van der Waals surface area contributed by atoms with Gasteiger partial charge in [-0.3, -0.25) is 4.79 Å². The van der Waals surface area contributed by atoms with Crippen molar-refractivity contribution in [1.82, 2.24) is 9.29 Å². The summed E-state index contributed by atoms with van der Waals surface area (Å²) in [5.74, 6) is 0.602. The van der Waals surface area contributed by atoms with Crippen LogP contribution in [0, 0.1) is 0 Å². The van der Waals surface area contributed by atoms with Gasteiger partial charge in [-0.25, -0.2) is 13.2 Å². The van der Waals surface area contributed by atoms with E-state index >= 15 is 0 Å². The van der Waals surface area contributed by atoms with Crippen LogP contribution in [0.15, 0.2) is 82.5 Å². The third kappa shape index (κ3) is 5.87. The molecule has 0 unspecified atom stereocenters. The van der Waals surface area contributed by atoms with E-state index in [4.69, 9.17) is 14.2 Å². The molecule has 0 fully saturated rings. The predicted octanol–water partition coefficient (Wildman–Crippen LogP) is 4.11. The lowest BCUT2D eigenvalue weighted by atomic mass is 10.1. The number of methoxy groups -OCH3 is 2. The van der Waals surface area contributed by atoms with E-state index < -0.39 is 21.6 Å². The Balaban J connectivity index is 1.76. The zero-order valence-electron chi connectivity index (χ0n) is 21.3. The molecule has 0 radical (unpaired) electrons. The molecule has 10 heteroatoms. The van der Waals surface area contributed by atoms with Crippen LogP contribution in [0.3, 0.4) is 0 Å². The van der Waals surface area contributed by atoms with Crippen LogP contribution in [-0.2, 0) is 27.8 Å². The molecule has 4 aromatic rings. The molecular weight excluding hydrogens is 508 g/mol. The van der Waals surface area contributed by atoms with Crippen molar-refractivity contribution < 1.29 is 27.4 Å². The number of carbonyl (C=O) groups is 1. The molecule has 4 rings (SSSR count). The van der Waals surface area contributed by atoms with Crippen molar-refractivity contribution in [3.63, 3.8) is 0 Å². The number of fused-ring (bicyclic) bond motifs is 1. The van der Waals surface area contributed by atoms with Gasteiger partial charge in [-0.2, -0.15) is 4.31 Å². The van der Waals surface area contributed by atoms with Crippen molar-refractivity contribution in [2.75, 3.05) is 20.8 Å². The van der Waals surface area contributed by atoms with Crippen LogP contribution in [0.2, 0.25) is 0 Å². The van der Waals surface area contributed by atoms with E-state index in [0.29, 0.717) is 22.6 Å². The smallest absolute Gasteiger partial charge is 0.338 e. The molecule has 0 saturated carbocycles. The first-order valence-electron chi connectivity index (χ1n) is 11.9. The molecule has 1 heterocycles. The molecule has 0 aliphatic heterocycles. The predicted molar refractivity (Wildman–Crippen MR) is 143 cm³/mol. The second kappa shape index (κ2) is 11.5. The Hall–Kier alpha value is -4.15. The highest BCUT2D eigenvalue weighted by molar-refractivity contribution is 7.89. The second-order valence-corrected chi connectivity index (χ2v) is 10.4. The van der Waals surface area contributed by atoms with Crippen LogP contribution in [-0.4, -0.2) is 44.5 Å². The summed E-state index contributed by atoms with van der Waals surface area (Å²) in [4.78, 5) is 28.0. The maximum atomic E-state index is 13.9. The van der Waals surface area contributed by atoms with Gasteiger partial charge in [0.1, 0.15) is 11.5 Å². The quantitative estimate of drug-likeness (QED) is 0.303. The maximum absolute atomic E-state index is 13.9. The van der Waals surface area contributed by atoms with Crippen molar-refractivity contribution in [3.8, 4) is 11.5 Å². The van der Waals surface area contributed by atoms with E-state index in [1.165, 1.54) is 35.7 Å². The average molecular weight is 537 g/mol. The summed E-state index contributed by atoms with van der Waals surface area (Å²) in [6.07, 6.45) is 0. The number of ether oxygens (including phenoxy) is 3. The molecule has 1 aromatic heterocycles. The van der Waals surface area contributed by atoms with Gasteiger partial charge in [0.15, 0.2) is 0 Å². The van der Waals surface area contributed by atoms with Gasteiger partial charge in [-0.1, -0.05) is 18.2 Å². The fourth-order valence-corrected chi connectivity index (χ4v) is 5.42. The second-order valence-electron chi connectivity index (χ2n) is 8.45. The lowest BCUT2D eigenvalue weighted by molar-refractivity contribution is 0.0526. The number of rotatable bonds is 10. The van der Waals surface area contributed by atoms with E-state index in [0.717, 1.165) is 5.39 Å². The van der Waals surface area contributed by atoms with Gasteiger partial charge in [-0.05, 0) is 66.4 Å². The van der Waals surface area contributed by atoms with Gasteiger partial charge in [0.2, 0.25) is 10.0 Å². The molecule has 0 amide bonds. The number of aromatic nitrogens is 1. The number of esters is 1. The number of H-pyrrole nitrogens is 1. The molecule has 0 aliphatic carbocycles. The lowest BCUT2D eigenvalue weighted by Crippen LogP contribution is -2.32. The van der Waals surface area contributed by atoms with E-state index in [9.17, 15) is 18.0 Å². The maximum Gasteiger partial charge on any atom is 0.338 e.